The minimum Gasteiger partial charge on any atom is -0.462 e. The van der Waals surface area contributed by atoms with E-state index in [2.05, 4.69) is 179 Å². The summed E-state index contributed by atoms with van der Waals surface area (Å²) in [4.78, 5) is 38.0. The van der Waals surface area contributed by atoms with Gasteiger partial charge in [0.1, 0.15) is 13.2 Å². The summed E-state index contributed by atoms with van der Waals surface area (Å²) in [5.41, 5.74) is 0. The van der Waals surface area contributed by atoms with Gasteiger partial charge in [-0.25, -0.2) is 0 Å². The second-order valence-corrected chi connectivity index (χ2v) is 16.3. The SMILES string of the molecule is CC/C=C\C/C=C\C/C=C\C/C=C\C/C=C\CCCC(=O)O[C@@H](COC(=O)CCCC/C=C\C/C=C\C/C=C\C/C=C\CC)COC(=O)CCCCCC/C=C\C/C=C\C/C=C\C/C=C\CC. The third-order valence-electron chi connectivity index (χ3n) is 10.0. The molecule has 0 aliphatic rings. The molecule has 0 heterocycles. The molecule has 0 bridgehead atoms. The molecule has 0 unspecified atom stereocenters. The minimum atomic E-state index is -0.843. The maximum Gasteiger partial charge on any atom is 0.306 e. The van der Waals surface area contributed by atoms with Crippen molar-refractivity contribution in [2.24, 2.45) is 0 Å². The molecule has 372 valence electrons. The van der Waals surface area contributed by atoms with Crippen molar-refractivity contribution in [3.63, 3.8) is 0 Å². The fourth-order valence-corrected chi connectivity index (χ4v) is 6.22. The van der Waals surface area contributed by atoms with Gasteiger partial charge in [-0.05, 0) is 135 Å². The van der Waals surface area contributed by atoms with Crippen LogP contribution in [0.5, 0.6) is 0 Å². The predicted molar refractivity (Wildman–Crippen MR) is 288 cm³/mol. The first-order valence-corrected chi connectivity index (χ1v) is 26.0. The summed E-state index contributed by atoms with van der Waals surface area (Å²) in [6.07, 6.45) is 78.0. The molecular formula is C61H92O6. The summed E-state index contributed by atoms with van der Waals surface area (Å²) >= 11 is 0. The first-order chi connectivity index (χ1) is 33.0. The van der Waals surface area contributed by atoms with Crippen molar-refractivity contribution in [1.29, 1.82) is 0 Å². The van der Waals surface area contributed by atoms with E-state index in [4.69, 9.17) is 14.2 Å². The van der Waals surface area contributed by atoms with E-state index >= 15 is 0 Å². The van der Waals surface area contributed by atoms with E-state index < -0.39 is 12.1 Å². The monoisotopic (exact) mass is 921 g/mol. The minimum absolute atomic E-state index is 0.135. The van der Waals surface area contributed by atoms with Gasteiger partial charge in [0.05, 0.1) is 0 Å². The van der Waals surface area contributed by atoms with Gasteiger partial charge < -0.3 is 14.2 Å². The number of rotatable bonds is 44. The van der Waals surface area contributed by atoms with E-state index in [0.29, 0.717) is 19.3 Å². The highest BCUT2D eigenvalue weighted by Crippen LogP contribution is 2.10. The lowest BCUT2D eigenvalue weighted by Crippen LogP contribution is -2.30. The third kappa shape index (κ3) is 51.9. The van der Waals surface area contributed by atoms with Crippen LogP contribution >= 0.6 is 0 Å². The molecule has 0 aromatic heterocycles. The molecule has 0 rings (SSSR count). The molecule has 0 amide bonds. The molecule has 0 saturated carbocycles. The van der Waals surface area contributed by atoms with Crippen LogP contribution in [0.15, 0.2) is 158 Å². The van der Waals surface area contributed by atoms with Gasteiger partial charge >= 0.3 is 17.9 Å². The molecule has 0 N–H and O–H groups in total. The summed E-state index contributed by atoms with van der Waals surface area (Å²) in [6.45, 7) is 6.16. The van der Waals surface area contributed by atoms with Crippen molar-refractivity contribution in [3.05, 3.63) is 158 Å². The van der Waals surface area contributed by atoms with Crippen molar-refractivity contribution >= 4 is 17.9 Å². The van der Waals surface area contributed by atoms with Gasteiger partial charge in [0, 0.05) is 19.3 Å². The average Bonchev–Trinajstić information content (AvgIpc) is 3.33. The lowest BCUT2D eigenvalue weighted by molar-refractivity contribution is -0.167. The van der Waals surface area contributed by atoms with Crippen LogP contribution in [0.1, 0.15) is 188 Å². The number of hydrogen-bond donors (Lipinski definition) is 0. The Balaban J connectivity index is 4.63. The zero-order chi connectivity index (χ0) is 48.6. The fourth-order valence-electron chi connectivity index (χ4n) is 6.22. The fraction of sp³-hybridized carbons (Fsp3) is 0.525. The number of esters is 3. The first kappa shape index (κ1) is 62.0. The van der Waals surface area contributed by atoms with E-state index in [9.17, 15) is 14.4 Å². The second-order valence-electron chi connectivity index (χ2n) is 16.3. The van der Waals surface area contributed by atoms with Gasteiger partial charge in [-0.1, -0.05) is 192 Å². The summed E-state index contributed by atoms with van der Waals surface area (Å²) in [7, 11) is 0. The number of carbonyl (C=O) groups is 3. The van der Waals surface area contributed by atoms with Crippen LogP contribution in [-0.2, 0) is 28.6 Å². The van der Waals surface area contributed by atoms with Crippen LogP contribution in [0.3, 0.4) is 0 Å². The van der Waals surface area contributed by atoms with Crippen molar-refractivity contribution < 1.29 is 28.6 Å². The summed E-state index contributed by atoms with van der Waals surface area (Å²) in [5, 5.41) is 0. The molecule has 1 atom stereocenters. The van der Waals surface area contributed by atoms with Crippen LogP contribution in [-0.4, -0.2) is 37.2 Å². The number of hydrogen-bond acceptors (Lipinski definition) is 6. The molecular weight excluding hydrogens is 829 g/mol. The molecule has 0 aromatic rings. The zero-order valence-corrected chi connectivity index (χ0v) is 42.3. The highest BCUT2D eigenvalue weighted by molar-refractivity contribution is 5.71. The van der Waals surface area contributed by atoms with Crippen LogP contribution < -0.4 is 0 Å². The Hall–Kier alpha value is -4.97. The Kier molecular flexibility index (Phi) is 49.7. The number of carbonyl (C=O) groups excluding carboxylic acids is 3. The molecule has 6 heteroatoms. The summed E-state index contributed by atoms with van der Waals surface area (Å²) < 4.78 is 16.7. The smallest absolute Gasteiger partial charge is 0.306 e. The van der Waals surface area contributed by atoms with Crippen molar-refractivity contribution in [2.45, 2.75) is 194 Å². The quantitative estimate of drug-likeness (QED) is 0.0262. The standard InChI is InChI=1S/C61H92O6/c1-4-7-10-13-16-19-22-25-28-30-33-36-39-42-45-48-51-54-60(63)66-57-58(56-65-59(62)53-50-47-44-41-38-35-32-27-24-21-18-15-12-9-6-3)67-61(64)55-52-49-46-43-40-37-34-31-29-26-23-20-17-14-11-8-5-2/h7-12,16-21,25-29,32-34,36-38,41,43,46,58H,4-6,13-15,22-24,30-31,35,39-40,42,44-45,47-57H2,1-3H3/b10-7-,11-8-,12-9-,19-16-,20-17-,21-18-,28-25-,29-26-,32-27-,36-33-,37-34-,41-38-,46-43-/t58-/m0/s1. The highest BCUT2D eigenvalue weighted by Gasteiger charge is 2.19. The maximum atomic E-state index is 12.8. The number of allylic oxidation sites excluding steroid dienone is 26. The topological polar surface area (TPSA) is 78.9 Å². The van der Waals surface area contributed by atoms with Crippen LogP contribution in [0, 0.1) is 0 Å². The Labute approximate surface area is 409 Å². The van der Waals surface area contributed by atoms with Gasteiger partial charge in [-0.3, -0.25) is 14.4 Å². The highest BCUT2D eigenvalue weighted by atomic mass is 16.6. The number of unbranched alkanes of at least 4 members (excludes halogenated alkanes) is 7. The number of ether oxygens (including phenoxy) is 3. The predicted octanol–water partition coefficient (Wildman–Crippen LogP) is 17.4. The lowest BCUT2D eigenvalue weighted by Gasteiger charge is -2.18. The van der Waals surface area contributed by atoms with Crippen molar-refractivity contribution in [2.75, 3.05) is 13.2 Å². The summed E-state index contributed by atoms with van der Waals surface area (Å²) in [6, 6.07) is 0. The molecule has 0 spiro atoms. The van der Waals surface area contributed by atoms with E-state index in [1.165, 1.54) is 0 Å². The van der Waals surface area contributed by atoms with Crippen molar-refractivity contribution in [3.8, 4) is 0 Å². The van der Waals surface area contributed by atoms with Gasteiger partial charge in [-0.15, -0.1) is 0 Å². The Morgan fingerprint density at radius 2 is 0.552 bits per heavy atom. The lowest BCUT2D eigenvalue weighted by atomic mass is 10.1. The molecule has 0 radical (unpaired) electrons. The molecule has 67 heavy (non-hydrogen) atoms. The van der Waals surface area contributed by atoms with E-state index in [0.717, 1.165) is 135 Å². The Morgan fingerprint density at radius 3 is 0.896 bits per heavy atom. The molecule has 0 fully saturated rings. The summed E-state index contributed by atoms with van der Waals surface area (Å²) in [5.74, 6) is -1.07. The zero-order valence-electron chi connectivity index (χ0n) is 42.3. The molecule has 0 aromatic carbocycles. The van der Waals surface area contributed by atoms with Crippen LogP contribution in [0.2, 0.25) is 0 Å². The average molecular weight is 921 g/mol. The van der Waals surface area contributed by atoms with Gasteiger partial charge in [-0.2, -0.15) is 0 Å². The largest absolute Gasteiger partial charge is 0.462 e. The molecule has 0 aliphatic carbocycles. The third-order valence-corrected chi connectivity index (χ3v) is 10.0. The van der Waals surface area contributed by atoms with Gasteiger partial charge in [0.25, 0.3) is 0 Å². The van der Waals surface area contributed by atoms with Crippen LogP contribution in [0.4, 0.5) is 0 Å². The molecule has 0 saturated heterocycles. The van der Waals surface area contributed by atoms with Crippen molar-refractivity contribution in [1.82, 2.24) is 0 Å². The van der Waals surface area contributed by atoms with E-state index in [-0.39, 0.29) is 38.0 Å². The first-order valence-electron chi connectivity index (χ1n) is 26.0. The van der Waals surface area contributed by atoms with Gasteiger partial charge in [0.2, 0.25) is 0 Å². The normalized spacial score (nSPS) is 13.4. The van der Waals surface area contributed by atoms with E-state index in [1.807, 2.05) is 0 Å². The Bertz CT molecular complexity index is 1570. The van der Waals surface area contributed by atoms with Gasteiger partial charge in [0.15, 0.2) is 6.10 Å². The van der Waals surface area contributed by atoms with Crippen LogP contribution in [0.25, 0.3) is 0 Å². The van der Waals surface area contributed by atoms with E-state index in [1.54, 1.807) is 0 Å². The second kappa shape index (κ2) is 53.6. The Morgan fingerprint density at radius 1 is 0.299 bits per heavy atom. The maximum absolute atomic E-state index is 12.8. The molecule has 6 nitrogen and oxygen atoms in total. The molecule has 0 aliphatic heterocycles.